The summed E-state index contributed by atoms with van der Waals surface area (Å²) in [5, 5.41) is 6.25. The highest BCUT2D eigenvalue weighted by molar-refractivity contribution is 6.08. The molecule has 0 radical (unpaired) electrons. The van der Waals surface area contributed by atoms with Crippen LogP contribution in [0.4, 0.5) is 10.5 Å². The molecule has 0 spiro atoms. The number of rotatable bonds is 6. The van der Waals surface area contributed by atoms with Gasteiger partial charge < -0.3 is 15.4 Å². The van der Waals surface area contributed by atoms with E-state index < -0.39 is 23.4 Å². The lowest BCUT2D eigenvalue weighted by Crippen LogP contribution is -2.49. The van der Waals surface area contributed by atoms with Gasteiger partial charge in [-0.05, 0) is 24.6 Å². The SMILES string of the molecule is COc1ccccc1NCC(=O)NN1C(=O)N[C@](C)(c2ccccc2)C1=O. The van der Waals surface area contributed by atoms with Gasteiger partial charge in [-0.3, -0.25) is 15.0 Å². The van der Waals surface area contributed by atoms with Crippen molar-refractivity contribution in [2.24, 2.45) is 0 Å². The van der Waals surface area contributed by atoms with Crippen LogP contribution in [-0.4, -0.2) is 36.5 Å². The third-order valence-corrected chi connectivity index (χ3v) is 4.32. The summed E-state index contributed by atoms with van der Waals surface area (Å²) in [5.41, 5.74) is 2.36. The van der Waals surface area contributed by atoms with Crippen LogP contribution in [0, 0.1) is 0 Å². The van der Waals surface area contributed by atoms with Crippen LogP contribution in [0.3, 0.4) is 0 Å². The lowest BCUT2D eigenvalue weighted by molar-refractivity contribution is -0.138. The summed E-state index contributed by atoms with van der Waals surface area (Å²) in [6, 6.07) is 15.3. The smallest absolute Gasteiger partial charge is 0.344 e. The number of ether oxygens (including phenoxy) is 1. The van der Waals surface area contributed by atoms with Gasteiger partial charge in [-0.25, -0.2) is 4.79 Å². The second-order valence-corrected chi connectivity index (χ2v) is 6.15. The van der Waals surface area contributed by atoms with Crippen molar-refractivity contribution in [3.05, 3.63) is 60.2 Å². The number of imide groups is 1. The van der Waals surface area contributed by atoms with Gasteiger partial charge >= 0.3 is 6.03 Å². The van der Waals surface area contributed by atoms with Gasteiger partial charge in [0, 0.05) is 0 Å². The average molecular weight is 368 g/mol. The van der Waals surface area contributed by atoms with Crippen LogP contribution >= 0.6 is 0 Å². The van der Waals surface area contributed by atoms with Crippen LogP contribution in [0.5, 0.6) is 5.75 Å². The van der Waals surface area contributed by atoms with E-state index in [-0.39, 0.29) is 6.54 Å². The van der Waals surface area contributed by atoms with E-state index >= 15 is 0 Å². The maximum atomic E-state index is 12.7. The van der Waals surface area contributed by atoms with Crippen molar-refractivity contribution in [3.8, 4) is 5.75 Å². The van der Waals surface area contributed by atoms with Crippen LogP contribution in [0.15, 0.2) is 54.6 Å². The zero-order valence-corrected chi connectivity index (χ0v) is 15.0. The molecular weight excluding hydrogens is 348 g/mol. The molecule has 0 aromatic heterocycles. The molecule has 1 aliphatic heterocycles. The molecule has 140 valence electrons. The lowest BCUT2D eigenvalue weighted by Gasteiger charge is -2.22. The molecule has 2 aromatic carbocycles. The number of hydrogen-bond acceptors (Lipinski definition) is 5. The first kappa shape index (κ1) is 18.2. The molecule has 1 heterocycles. The minimum Gasteiger partial charge on any atom is -0.495 e. The van der Waals surface area contributed by atoms with Crippen LogP contribution < -0.4 is 20.8 Å². The summed E-state index contributed by atoms with van der Waals surface area (Å²) in [4.78, 5) is 37.2. The van der Waals surface area contributed by atoms with Gasteiger partial charge in [0.15, 0.2) is 0 Å². The Hall–Kier alpha value is -3.55. The Morgan fingerprint density at radius 3 is 2.48 bits per heavy atom. The fourth-order valence-corrected chi connectivity index (χ4v) is 2.84. The monoisotopic (exact) mass is 368 g/mol. The van der Waals surface area contributed by atoms with E-state index in [9.17, 15) is 14.4 Å². The zero-order chi connectivity index (χ0) is 19.4. The molecule has 3 rings (SSSR count). The van der Waals surface area contributed by atoms with Crippen molar-refractivity contribution in [2.75, 3.05) is 19.0 Å². The van der Waals surface area contributed by atoms with E-state index in [2.05, 4.69) is 16.1 Å². The Morgan fingerprint density at radius 1 is 1.11 bits per heavy atom. The third-order valence-electron chi connectivity index (χ3n) is 4.32. The first-order valence-electron chi connectivity index (χ1n) is 8.34. The van der Waals surface area contributed by atoms with Gasteiger partial charge in [-0.1, -0.05) is 42.5 Å². The van der Waals surface area contributed by atoms with Crippen molar-refractivity contribution in [1.29, 1.82) is 0 Å². The summed E-state index contributed by atoms with van der Waals surface area (Å²) in [6.45, 7) is 1.46. The quantitative estimate of drug-likeness (QED) is 0.673. The number of nitrogens with zero attached hydrogens (tertiary/aromatic N) is 1. The molecule has 4 amide bonds. The topological polar surface area (TPSA) is 99.8 Å². The van der Waals surface area contributed by atoms with Gasteiger partial charge in [0.25, 0.3) is 11.8 Å². The molecule has 1 aliphatic rings. The van der Waals surface area contributed by atoms with Gasteiger partial charge in [0.1, 0.15) is 11.3 Å². The second-order valence-electron chi connectivity index (χ2n) is 6.15. The van der Waals surface area contributed by atoms with E-state index in [1.807, 2.05) is 12.1 Å². The number of benzene rings is 2. The molecule has 0 aliphatic carbocycles. The Labute approximate surface area is 156 Å². The maximum absolute atomic E-state index is 12.7. The molecule has 1 saturated heterocycles. The van der Waals surface area contributed by atoms with Crippen molar-refractivity contribution < 1.29 is 19.1 Å². The minimum atomic E-state index is -1.23. The highest BCUT2D eigenvalue weighted by atomic mass is 16.5. The fraction of sp³-hybridized carbons (Fsp3) is 0.211. The minimum absolute atomic E-state index is 0.139. The van der Waals surface area contributed by atoms with Crippen LogP contribution in [-0.2, 0) is 15.1 Å². The van der Waals surface area contributed by atoms with E-state index in [1.165, 1.54) is 7.11 Å². The molecule has 0 saturated carbocycles. The lowest BCUT2D eigenvalue weighted by atomic mass is 9.92. The number of nitrogens with one attached hydrogen (secondary N) is 3. The summed E-state index contributed by atoms with van der Waals surface area (Å²) in [7, 11) is 1.53. The van der Waals surface area contributed by atoms with Crippen molar-refractivity contribution >= 4 is 23.5 Å². The molecule has 2 aromatic rings. The highest BCUT2D eigenvalue weighted by Crippen LogP contribution is 2.27. The predicted molar refractivity (Wildman–Crippen MR) is 98.8 cm³/mol. The Bertz CT molecular complexity index is 871. The fourth-order valence-electron chi connectivity index (χ4n) is 2.84. The van der Waals surface area contributed by atoms with Crippen LogP contribution in [0.2, 0.25) is 0 Å². The predicted octanol–water partition coefficient (Wildman–Crippen LogP) is 1.61. The number of urea groups is 1. The van der Waals surface area contributed by atoms with Crippen LogP contribution in [0.1, 0.15) is 12.5 Å². The van der Waals surface area contributed by atoms with Crippen LogP contribution in [0.25, 0.3) is 0 Å². The zero-order valence-electron chi connectivity index (χ0n) is 15.0. The molecule has 27 heavy (non-hydrogen) atoms. The average Bonchev–Trinajstić information content (AvgIpc) is 2.91. The highest BCUT2D eigenvalue weighted by Gasteiger charge is 2.49. The van der Waals surface area contributed by atoms with E-state index in [0.717, 1.165) is 0 Å². The standard InChI is InChI=1S/C19H20N4O4/c1-19(13-8-4-3-5-9-13)17(25)23(18(26)21-19)22-16(24)12-20-14-10-6-7-11-15(14)27-2/h3-11,20H,12H2,1-2H3,(H,21,26)(H,22,24)/t19-/m1/s1. The molecule has 8 heteroatoms. The summed E-state index contributed by atoms with van der Waals surface area (Å²) in [6.07, 6.45) is 0. The number of amides is 4. The van der Waals surface area contributed by atoms with Gasteiger partial charge in [-0.2, -0.15) is 5.01 Å². The number of anilines is 1. The molecule has 3 N–H and O–H groups in total. The molecule has 1 fully saturated rings. The number of hydrazine groups is 1. The third kappa shape index (κ3) is 3.55. The van der Waals surface area contributed by atoms with Crippen molar-refractivity contribution in [3.63, 3.8) is 0 Å². The van der Waals surface area contributed by atoms with E-state index in [0.29, 0.717) is 22.0 Å². The van der Waals surface area contributed by atoms with Crippen molar-refractivity contribution in [1.82, 2.24) is 15.8 Å². The number of carbonyl (C=O) groups excluding carboxylic acids is 3. The largest absolute Gasteiger partial charge is 0.495 e. The molecule has 0 unspecified atom stereocenters. The molecule has 0 bridgehead atoms. The number of methoxy groups -OCH3 is 1. The van der Waals surface area contributed by atoms with Gasteiger partial charge in [0.2, 0.25) is 0 Å². The summed E-state index contributed by atoms with van der Waals surface area (Å²) < 4.78 is 5.20. The normalized spacial score (nSPS) is 18.8. The molecule has 1 atom stereocenters. The summed E-state index contributed by atoms with van der Waals surface area (Å²) >= 11 is 0. The first-order valence-corrected chi connectivity index (χ1v) is 8.34. The van der Waals surface area contributed by atoms with Gasteiger partial charge in [0.05, 0.1) is 19.3 Å². The van der Waals surface area contributed by atoms with E-state index in [1.54, 1.807) is 49.4 Å². The number of hydrogen-bond donors (Lipinski definition) is 3. The first-order chi connectivity index (χ1) is 13.0. The Kier molecular flexibility index (Phi) is 4.98. The number of carbonyl (C=O) groups is 3. The maximum Gasteiger partial charge on any atom is 0.344 e. The number of para-hydroxylation sites is 2. The molecule has 8 nitrogen and oxygen atoms in total. The summed E-state index contributed by atoms with van der Waals surface area (Å²) in [5.74, 6) is -0.511. The van der Waals surface area contributed by atoms with Crippen molar-refractivity contribution in [2.45, 2.75) is 12.5 Å². The second kappa shape index (κ2) is 7.36. The molecular formula is C19H20N4O4. The van der Waals surface area contributed by atoms with E-state index in [4.69, 9.17) is 4.74 Å². The Morgan fingerprint density at radius 2 is 1.78 bits per heavy atom. The Balaban J connectivity index is 1.66. The van der Waals surface area contributed by atoms with Gasteiger partial charge in [-0.15, -0.1) is 0 Å².